The van der Waals surface area contributed by atoms with Gasteiger partial charge in [-0.2, -0.15) is 0 Å². The molecule has 6 nitrogen and oxygen atoms in total. The van der Waals surface area contributed by atoms with Crippen LogP contribution in [0.25, 0.3) is 0 Å². The summed E-state index contributed by atoms with van der Waals surface area (Å²) in [5.74, 6) is 0.550. The number of hydrogen-bond donors (Lipinski definition) is 2. The molecule has 2 aliphatic carbocycles. The molecule has 2 aromatic rings. The first kappa shape index (κ1) is 36.4. The predicted octanol–water partition coefficient (Wildman–Crippen LogP) is 9.88. The fourth-order valence-corrected chi connectivity index (χ4v) is 6.50. The third kappa shape index (κ3) is 9.58. The van der Waals surface area contributed by atoms with Crippen LogP contribution in [0.2, 0.25) is 0 Å². The maximum atomic E-state index is 13.2. The molecule has 1 fully saturated rings. The Kier molecular flexibility index (Phi) is 11.5. The van der Waals surface area contributed by atoms with Gasteiger partial charge in [0, 0.05) is 34.7 Å². The first-order valence-electron chi connectivity index (χ1n) is 17.6. The van der Waals surface area contributed by atoms with Crippen molar-refractivity contribution in [3.8, 4) is 17.2 Å². The molecule has 1 unspecified atom stereocenters. The van der Waals surface area contributed by atoms with Crippen molar-refractivity contribution in [1.29, 1.82) is 0 Å². The number of hydrogen-bond acceptors (Lipinski definition) is 6. The van der Waals surface area contributed by atoms with Gasteiger partial charge in [0.1, 0.15) is 17.2 Å². The number of phenolic OH excluding ortho intramolecular Hbond substituents is 2. The van der Waals surface area contributed by atoms with Crippen molar-refractivity contribution in [3.63, 3.8) is 0 Å². The highest BCUT2D eigenvalue weighted by atomic mass is 16.5. The zero-order valence-corrected chi connectivity index (χ0v) is 30.3. The van der Waals surface area contributed by atoms with Crippen molar-refractivity contribution in [2.75, 3.05) is 0 Å². The number of carbonyl (C=O) groups is 1. The van der Waals surface area contributed by atoms with Crippen LogP contribution in [0.15, 0.2) is 46.4 Å². The van der Waals surface area contributed by atoms with E-state index < -0.39 is 0 Å². The Bertz CT molecular complexity index is 1500. The summed E-state index contributed by atoms with van der Waals surface area (Å²) in [5, 5.41) is 22.7. The molecule has 4 rings (SSSR count). The van der Waals surface area contributed by atoms with Gasteiger partial charge in [-0.05, 0) is 85.0 Å². The van der Waals surface area contributed by atoms with Crippen LogP contribution in [0.4, 0.5) is 0 Å². The molecule has 1 saturated carbocycles. The monoisotopic (exact) mass is 642 g/mol. The topological polar surface area (TPSA) is 91.5 Å². The lowest BCUT2D eigenvalue weighted by Crippen LogP contribution is -2.27. The zero-order chi connectivity index (χ0) is 34.6. The van der Waals surface area contributed by atoms with Gasteiger partial charge >= 0.3 is 5.97 Å². The molecule has 6 heteroatoms. The summed E-state index contributed by atoms with van der Waals surface area (Å²) in [6, 6.07) is 7.60. The minimum atomic E-state index is -0.368. The SMILES string of the molecule is CC(C)(C)c1cc(/C=N/[C@@H]2CCCC[C@H]2/N=C/c2cc(OC(=O)C3CC/C=C\CCC3)cc(C(C)(C)C)c2O)c(O)c(C(C)(C)C)c1. The maximum Gasteiger partial charge on any atom is 0.314 e. The number of ether oxygens (including phenoxy) is 1. The highest BCUT2D eigenvalue weighted by molar-refractivity contribution is 5.87. The summed E-state index contributed by atoms with van der Waals surface area (Å²) >= 11 is 0. The molecule has 0 aromatic heterocycles. The molecule has 47 heavy (non-hydrogen) atoms. The van der Waals surface area contributed by atoms with Gasteiger partial charge in [-0.25, -0.2) is 0 Å². The minimum absolute atomic E-state index is 0.0469. The number of phenols is 2. The van der Waals surface area contributed by atoms with Crippen LogP contribution >= 0.6 is 0 Å². The minimum Gasteiger partial charge on any atom is -0.507 e. The molecular weight excluding hydrogens is 584 g/mol. The zero-order valence-electron chi connectivity index (χ0n) is 30.3. The smallest absolute Gasteiger partial charge is 0.314 e. The Labute approximate surface area is 283 Å². The van der Waals surface area contributed by atoms with Gasteiger partial charge in [0.15, 0.2) is 0 Å². The highest BCUT2D eigenvalue weighted by Crippen LogP contribution is 2.39. The van der Waals surface area contributed by atoms with Crippen LogP contribution in [0.3, 0.4) is 0 Å². The standard InChI is InChI=1S/C41H58N2O4/c1-39(2,3)30-21-28(36(44)32(23-30)40(4,5)6)25-42-34-19-15-16-20-35(34)43-26-29-22-31(24-33(37(29)45)41(7,8)9)47-38(46)27-17-13-11-10-12-14-18-27/h10-11,21-27,34-35,44-45H,12-20H2,1-9H3/b11-10-,42-25+,43-26+/t27?,34-,35-/m1/s1. The Morgan fingerprint density at radius 2 is 1.21 bits per heavy atom. The largest absolute Gasteiger partial charge is 0.507 e. The van der Waals surface area contributed by atoms with Gasteiger partial charge in [-0.1, -0.05) is 93.4 Å². The molecule has 0 aliphatic heterocycles. The van der Waals surface area contributed by atoms with E-state index in [0.29, 0.717) is 16.9 Å². The Morgan fingerprint density at radius 3 is 1.77 bits per heavy atom. The van der Waals surface area contributed by atoms with Gasteiger partial charge in [0.05, 0.1) is 18.0 Å². The number of rotatable bonds is 6. The second kappa shape index (κ2) is 14.8. The predicted molar refractivity (Wildman–Crippen MR) is 195 cm³/mol. The number of benzene rings is 2. The molecule has 2 aliphatic rings. The molecule has 2 N–H and O–H groups in total. The normalized spacial score (nSPS) is 22.3. The molecular formula is C41H58N2O4. The summed E-state index contributed by atoms with van der Waals surface area (Å²) in [7, 11) is 0. The third-order valence-corrected chi connectivity index (χ3v) is 9.56. The summed E-state index contributed by atoms with van der Waals surface area (Å²) in [6.45, 7) is 19.0. The first-order valence-corrected chi connectivity index (χ1v) is 17.6. The van der Waals surface area contributed by atoms with Gasteiger partial charge in [-0.15, -0.1) is 0 Å². The third-order valence-electron chi connectivity index (χ3n) is 9.56. The first-order chi connectivity index (χ1) is 21.9. The van der Waals surface area contributed by atoms with Crippen molar-refractivity contribution in [3.05, 3.63) is 64.2 Å². The van der Waals surface area contributed by atoms with E-state index in [1.807, 2.05) is 27.0 Å². The summed E-state index contributed by atoms with van der Waals surface area (Å²) in [4.78, 5) is 23.2. The molecule has 2 aromatic carbocycles. The van der Waals surface area contributed by atoms with Crippen LogP contribution in [0, 0.1) is 5.92 Å². The quantitative estimate of drug-likeness (QED) is 0.142. The second-order valence-corrected chi connectivity index (χ2v) is 16.7. The molecule has 0 heterocycles. The van der Waals surface area contributed by atoms with E-state index in [0.717, 1.165) is 74.5 Å². The molecule has 256 valence electrons. The highest BCUT2D eigenvalue weighted by Gasteiger charge is 2.28. The van der Waals surface area contributed by atoms with E-state index in [1.165, 1.54) is 0 Å². The van der Waals surface area contributed by atoms with Gasteiger partial charge < -0.3 is 14.9 Å². The summed E-state index contributed by atoms with van der Waals surface area (Å²) in [6.07, 6.45) is 16.3. The number of nitrogens with zero attached hydrogens (tertiary/aromatic N) is 2. The van der Waals surface area contributed by atoms with E-state index in [2.05, 4.69) is 65.8 Å². The second-order valence-electron chi connectivity index (χ2n) is 16.7. The number of carbonyl (C=O) groups excluding carboxylic acids is 1. The Morgan fingerprint density at radius 1 is 0.681 bits per heavy atom. The van der Waals surface area contributed by atoms with E-state index in [9.17, 15) is 15.0 Å². The van der Waals surface area contributed by atoms with Crippen molar-refractivity contribution in [2.24, 2.45) is 15.9 Å². The summed E-state index contributed by atoms with van der Waals surface area (Å²) < 4.78 is 5.98. The lowest BCUT2D eigenvalue weighted by atomic mass is 9.79. The van der Waals surface area contributed by atoms with E-state index >= 15 is 0 Å². The number of esters is 1. The van der Waals surface area contributed by atoms with E-state index in [-0.39, 0.29) is 51.7 Å². The van der Waals surface area contributed by atoms with E-state index in [4.69, 9.17) is 14.7 Å². The van der Waals surface area contributed by atoms with Crippen LogP contribution in [-0.4, -0.2) is 40.7 Å². The van der Waals surface area contributed by atoms with Crippen molar-refractivity contribution >= 4 is 18.4 Å². The van der Waals surface area contributed by atoms with Crippen molar-refractivity contribution < 1.29 is 19.7 Å². The van der Waals surface area contributed by atoms with Gasteiger partial charge in [0.25, 0.3) is 0 Å². The maximum absolute atomic E-state index is 13.2. The molecule has 0 bridgehead atoms. The van der Waals surface area contributed by atoms with Crippen LogP contribution in [0.1, 0.15) is 148 Å². The van der Waals surface area contributed by atoms with E-state index in [1.54, 1.807) is 18.3 Å². The number of allylic oxidation sites excluding steroid dienone is 2. The average molecular weight is 643 g/mol. The number of aromatic hydroxyl groups is 2. The fourth-order valence-electron chi connectivity index (χ4n) is 6.50. The van der Waals surface area contributed by atoms with Crippen LogP contribution in [-0.2, 0) is 21.0 Å². The molecule has 0 spiro atoms. The molecule has 0 radical (unpaired) electrons. The van der Waals surface area contributed by atoms with Crippen molar-refractivity contribution in [2.45, 2.75) is 148 Å². The Hall–Kier alpha value is -3.41. The lowest BCUT2D eigenvalue weighted by molar-refractivity contribution is -0.139. The van der Waals surface area contributed by atoms with Crippen molar-refractivity contribution in [1.82, 2.24) is 0 Å². The van der Waals surface area contributed by atoms with Gasteiger partial charge in [0.2, 0.25) is 0 Å². The van der Waals surface area contributed by atoms with Crippen LogP contribution in [0.5, 0.6) is 17.2 Å². The lowest BCUT2D eigenvalue weighted by Gasteiger charge is -2.28. The molecule has 0 amide bonds. The van der Waals surface area contributed by atoms with Gasteiger partial charge in [-0.3, -0.25) is 14.8 Å². The Balaban J connectivity index is 1.63. The number of aliphatic imine (C=N–C) groups is 2. The fraction of sp³-hybridized carbons (Fsp3) is 0.585. The summed E-state index contributed by atoms with van der Waals surface area (Å²) in [5.41, 5.74) is 3.42. The average Bonchev–Trinajstić information content (AvgIpc) is 2.95. The van der Waals surface area contributed by atoms with Crippen LogP contribution < -0.4 is 4.74 Å². The molecule has 0 saturated heterocycles. The molecule has 3 atom stereocenters.